The third-order valence-corrected chi connectivity index (χ3v) is 3.50. The van der Waals surface area contributed by atoms with Crippen molar-refractivity contribution in [2.24, 2.45) is 0 Å². The first-order valence-corrected chi connectivity index (χ1v) is 6.42. The van der Waals surface area contributed by atoms with Gasteiger partial charge in [0.15, 0.2) is 0 Å². The number of methoxy groups -OCH3 is 1. The van der Waals surface area contributed by atoms with E-state index in [4.69, 9.17) is 10.5 Å². The van der Waals surface area contributed by atoms with E-state index < -0.39 is 0 Å². The number of hydrogen-bond acceptors (Lipinski definition) is 4. The molecule has 1 saturated heterocycles. The van der Waals surface area contributed by atoms with Crippen LogP contribution in [0.15, 0.2) is 18.2 Å². The van der Waals surface area contributed by atoms with Gasteiger partial charge in [0.2, 0.25) is 0 Å². The summed E-state index contributed by atoms with van der Waals surface area (Å²) in [6, 6.07) is 5.44. The van der Waals surface area contributed by atoms with E-state index in [0.717, 1.165) is 25.2 Å². The van der Waals surface area contributed by atoms with Crippen molar-refractivity contribution in [2.45, 2.75) is 12.5 Å². The number of rotatable bonds is 3. The first-order chi connectivity index (χ1) is 9.02. The van der Waals surface area contributed by atoms with Crippen LogP contribution < -0.4 is 10.6 Å². The maximum absolute atomic E-state index is 12.0. The van der Waals surface area contributed by atoms with Crippen LogP contribution in [0.4, 0.5) is 11.4 Å². The molecule has 1 atom stereocenters. The number of nitrogens with two attached hydrogens (primary N) is 1. The molecule has 0 aromatic heterocycles. The highest BCUT2D eigenvalue weighted by Gasteiger charge is 2.24. The quantitative estimate of drug-likeness (QED) is 0.832. The Hall–Kier alpha value is -1.75. The van der Waals surface area contributed by atoms with Gasteiger partial charge in [-0.15, -0.1) is 0 Å². The molecule has 0 saturated carbocycles. The van der Waals surface area contributed by atoms with Crippen LogP contribution in [-0.2, 0) is 4.74 Å². The standard InChI is InChI=1S/C14H21N3O2/c1-16(2)14(18)10-4-5-12(15)13(8-10)17-7-6-11(9-17)19-3/h4-5,8,11H,6-7,9,15H2,1-3H3. The molecule has 1 aromatic carbocycles. The van der Waals surface area contributed by atoms with Crippen molar-refractivity contribution in [1.82, 2.24) is 4.90 Å². The third kappa shape index (κ3) is 2.81. The van der Waals surface area contributed by atoms with Crippen LogP contribution >= 0.6 is 0 Å². The van der Waals surface area contributed by atoms with Crippen molar-refractivity contribution in [2.75, 3.05) is 44.9 Å². The van der Waals surface area contributed by atoms with Crippen LogP contribution in [0.25, 0.3) is 0 Å². The maximum atomic E-state index is 12.0. The summed E-state index contributed by atoms with van der Waals surface area (Å²) >= 11 is 0. The number of nitrogens with zero attached hydrogens (tertiary/aromatic N) is 2. The van der Waals surface area contributed by atoms with Crippen molar-refractivity contribution < 1.29 is 9.53 Å². The Labute approximate surface area is 113 Å². The zero-order valence-electron chi connectivity index (χ0n) is 11.7. The summed E-state index contributed by atoms with van der Waals surface area (Å²) in [5.74, 6) is -0.0104. The molecule has 1 aromatic rings. The number of ether oxygens (including phenoxy) is 1. The van der Waals surface area contributed by atoms with Crippen LogP contribution in [0.5, 0.6) is 0 Å². The molecule has 2 N–H and O–H groups in total. The molecule has 0 bridgehead atoms. The predicted molar refractivity (Wildman–Crippen MR) is 76.5 cm³/mol. The summed E-state index contributed by atoms with van der Waals surface area (Å²) < 4.78 is 5.36. The highest BCUT2D eigenvalue weighted by molar-refractivity contribution is 5.96. The van der Waals surface area contributed by atoms with Crippen molar-refractivity contribution in [3.8, 4) is 0 Å². The number of carbonyl (C=O) groups excluding carboxylic acids is 1. The number of carbonyl (C=O) groups is 1. The third-order valence-electron chi connectivity index (χ3n) is 3.50. The molecule has 104 valence electrons. The second kappa shape index (κ2) is 5.48. The molecule has 0 aliphatic carbocycles. The first kappa shape index (κ1) is 13.7. The fraction of sp³-hybridized carbons (Fsp3) is 0.500. The van der Waals surface area contributed by atoms with Crippen molar-refractivity contribution in [3.63, 3.8) is 0 Å². The first-order valence-electron chi connectivity index (χ1n) is 6.42. The van der Waals surface area contributed by atoms with Crippen LogP contribution in [0.1, 0.15) is 16.8 Å². The van der Waals surface area contributed by atoms with E-state index >= 15 is 0 Å². The predicted octanol–water partition coefficient (Wildman–Crippen LogP) is 1.20. The summed E-state index contributed by atoms with van der Waals surface area (Å²) in [4.78, 5) is 15.7. The molecule has 1 heterocycles. The van der Waals surface area contributed by atoms with E-state index in [2.05, 4.69) is 4.90 Å². The maximum Gasteiger partial charge on any atom is 0.253 e. The molecule has 1 unspecified atom stereocenters. The average Bonchev–Trinajstić information content (AvgIpc) is 2.87. The minimum atomic E-state index is -0.0104. The molecule has 1 fully saturated rings. The zero-order valence-corrected chi connectivity index (χ0v) is 11.7. The van der Waals surface area contributed by atoms with Gasteiger partial charge in [-0.1, -0.05) is 0 Å². The molecular formula is C14H21N3O2. The summed E-state index contributed by atoms with van der Waals surface area (Å²) in [7, 11) is 5.22. The number of anilines is 2. The van der Waals surface area contributed by atoms with E-state index in [1.54, 1.807) is 38.2 Å². The zero-order chi connectivity index (χ0) is 14.0. The molecule has 0 spiro atoms. The lowest BCUT2D eigenvalue weighted by Crippen LogP contribution is -2.25. The number of hydrogen-bond donors (Lipinski definition) is 1. The van der Waals surface area contributed by atoms with Crippen molar-refractivity contribution >= 4 is 17.3 Å². The van der Waals surface area contributed by atoms with Crippen molar-refractivity contribution in [3.05, 3.63) is 23.8 Å². The Morgan fingerprint density at radius 3 is 2.79 bits per heavy atom. The fourth-order valence-corrected chi connectivity index (χ4v) is 2.35. The molecule has 1 amide bonds. The SMILES string of the molecule is COC1CCN(c2cc(C(=O)N(C)C)ccc2N)C1. The van der Waals surface area contributed by atoms with Crippen LogP contribution in [0, 0.1) is 0 Å². The van der Waals surface area contributed by atoms with Gasteiger partial charge < -0.3 is 20.3 Å². The van der Waals surface area contributed by atoms with E-state index in [1.165, 1.54) is 0 Å². The fourth-order valence-electron chi connectivity index (χ4n) is 2.35. The van der Waals surface area contributed by atoms with Gasteiger partial charge in [0.25, 0.3) is 5.91 Å². The van der Waals surface area contributed by atoms with Gasteiger partial charge in [0.05, 0.1) is 17.5 Å². The second-order valence-electron chi connectivity index (χ2n) is 5.07. The number of amides is 1. The minimum Gasteiger partial charge on any atom is -0.397 e. The molecule has 1 aliphatic rings. The van der Waals surface area contributed by atoms with E-state index in [9.17, 15) is 4.79 Å². The van der Waals surface area contributed by atoms with Gasteiger partial charge in [-0.05, 0) is 24.6 Å². The van der Waals surface area contributed by atoms with Gasteiger partial charge in [-0.2, -0.15) is 0 Å². The molecule has 2 rings (SSSR count). The molecular weight excluding hydrogens is 242 g/mol. The Bertz CT molecular complexity index is 474. The van der Waals surface area contributed by atoms with Crippen LogP contribution in [-0.4, -0.2) is 51.2 Å². The van der Waals surface area contributed by atoms with Gasteiger partial charge in [-0.25, -0.2) is 0 Å². The highest BCUT2D eigenvalue weighted by atomic mass is 16.5. The van der Waals surface area contributed by atoms with Gasteiger partial charge >= 0.3 is 0 Å². The molecule has 0 radical (unpaired) electrons. The highest BCUT2D eigenvalue weighted by Crippen LogP contribution is 2.28. The number of nitrogen functional groups attached to an aromatic ring is 1. The minimum absolute atomic E-state index is 0.0104. The van der Waals surface area contributed by atoms with Gasteiger partial charge in [0, 0.05) is 39.9 Å². The lowest BCUT2D eigenvalue weighted by atomic mass is 10.1. The molecule has 1 aliphatic heterocycles. The Kier molecular flexibility index (Phi) is 3.95. The summed E-state index contributed by atoms with van der Waals surface area (Å²) in [5.41, 5.74) is 8.31. The topological polar surface area (TPSA) is 58.8 Å². The van der Waals surface area contributed by atoms with Crippen LogP contribution in [0.3, 0.4) is 0 Å². The Morgan fingerprint density at radius 2 is 2.21 bits per heavy atom. The van der Waals surface area contributed by atoms with Crippen molar-refractivity contribution in [1.29, 1.82) is 0 Å². The van der Waals surface area contributed by atoms with E-state index in [-0.39, 0.29) is 12.0 Å². The number of benzene rings is 1. The largest absolute Gasteiger partial charge is 0.397 e. The average molecular weight is 263 g/mol. The Balaban J connectivity index is 2.25. The lowest BCUT2D eigenvalue weighted by molar-refractivity contribution is 0.0827. The summed E-state index contributed by atoms with van der Waals surface area (Å²) in [6.45, 7) is 1.72. The lowest BCUT2D eigenvalue weighted by Gasteiger charge is -2.21. The Morgan fingerprint density at radius 1 is 1.47 bits per heavy atom. The van der Waals surface area contributed by atoms with Gasteiger partial charge in [0.1, 0.15) is 0 Å². The molecule has 5 nitrogen and oxygen atoms in total. The van der Waals surface area contributed by atoms with Crippen LogP contribution in [0.2, 0.25) is 0 Å². The molecule has 5 heteroatoms. The molecule has 19 heavy (non-hydrogen) atoms. The monoisotopic (exact) mass is 263 g/mol. The normalized spacial score (nSPS) is 18.7. The summed E-state index contributed by atoms with van der Waals surface area (Å²) in [6.07, 6.45) is 1.23. The van der Waals surface area contributed by atoms with E-state index in [1.807, 2.05) is 6.07 Å². The summed E-state index contributed by atoms with van der Waals surface area (Å²) in [5, 5.41) is 0. The smallest absolute Gasteiger partial charge is 0.253 e. The van der Waals surface area contributed by atoms with E-state index in [0.29, 0.717) is 11.3 Å². The second-order valence-corrected chi connectivity index (χ2v) is 5.07. The van der Waals surface area contributed by atoms with Gasteiger partial charge in [-0.3, -0.25) is 4.79 Å².